The minimum atomic E-state index is 0.0855. The third-order valence-electron chi connectivity index (χ3n) is 4.49. The lowest BCUT2D eigenvalue weighted by atomic mass is 10.0. The Kier molecular flexibility index (Phi) is 3.78. The van der Waals surface area contributed by atoms with Gasteiger partial charge in [0.2, 0.25) is 5.91 Å². The Morgan fingerprint density at radius 1 is 1.19 bits per heavy atom. The molecule has 3 rings (SSSR count). The molecule has 0 N–H and O–H groups in total. The highest BCUT2D eigenvalue weighted by Crippen LogP contribution is 2.34. The number of benzene rings is 2. The lowest BCUT2D eigenvalue weighted by Gasteiger charge is -2.23. The molecule has 1 aliphatic carbocycles. The standard InChI is InChI=1S/C19H21NO/c1-14(15-10-11-15)20(2)19(21)13-12-17-8-5-7-16-6-3-4-9-18(16)17/h3-9,12-15H,10-11H2,1-2H3/b13-12+. The molecule has 0 heterocycles. The molecule has 0 saturated heterocycles. The Balaban J connectivity index is 1.79. The van der Waals surface area contributed by atoms with Gasteiger partial charge in [0.15, 0.2) is 0 Å². The summed E-state index contributed by atoms with van der Waals surface area (Å²) in [6.07, 6.45) is 6.14. The molecule has 2 nitrogen and oxygen atoms in total. The topological polar surface area (TPSA) is 20.3 Å². The van der Waals surface area contributed by atoms with E-state index in [1.54, 1.807) is 6.08 Å². The summed E-state index contributed by atoms with van der Waals surface area (Å²) in [5, 5.41) is 2.38. The quantitative estimate of drug-likeness (QED) is 0.771. The second-order valence-electron chi connectivity index (χ2n) is 5.93. The molecule has 2 aromatic carbocycles. The van der Waals surface area contributed by atoms with Crippen LogP contribution < -0.4 is 0 Å². The van der Waals surface area contributed by atoms with Gasteiger partial charge in [-0.1, -0.05) is 42.5 Å². The number of carbonyl (C=O) groups excluding carboxylic acids is 1. The zero-order chi connectivity index (χ0) is 14.8. The first-order valence-electron chi connectivity index (χ1n) is 7.59. The van der Waals surface area contributed by atoms with Gasteiger partial charge in [0.05, 0.1) is 0 Å². The van der Waals surface area contributed by atoms with Gasteiger partial charge in [-0.3, -0.25) is 4.79 Å². The van der Waals surface area contributed by atoms with Crippen molar-refractivity contribution >= 4 is 22.8 Å². The highest BCUT2D eigenvalue weighted by molar-refractivity contribution is 5.96. The predicted octanol–water partition coefficient (Wildman–Crippen LogP) is 4.11. The monoisotopic (exact) mass is 279 g/mol. The molecule has 0 radical (unpaired) electrons. The molecule has 0 spiro atoms. The number of amides is 1. The number of hydrogen-bond donors (Lipinski definition) is 0. The lowest BCUT2D eigenvalue weighted by Crippen LogP contribution is -2.35. The molecule has 1 fully saturated rings. The van der Waals surface area contributed by atoms with Crippen molar-refractivity contribution < 1.29 is 4.79 Å². The maximum Gasteiger partial charge on any atom is 0.246 e. The van der Waals surface area contributed by atoms with E-state index in [2.05, 4.69) is 31.2 Å². The summed E-state index contributed by atoms with van der Waals surface area (Å²) in [7, 11) is 1.90. The van der Waals surface area contributed by atoms with Gasteiger partial charge in [0.25, 0.3) is 0 Å². The van der Waals surface area contributed by atoms with Crippen LogP contribution in [0.3, 0.4) is 0 Å². The Bertz CT molecular complexity index is 680. The number of nitrogens with zero attached hydrogens (tertiary/aromatic N) is 1. The fourth-order valence-electron chi connectivity index (χ4n) is 2.77. The summed E-state index contributed by atoms with van der Waals surface area (Å²) in [5.74, 6) is 0.784. The molecule has 1 unspecified atom stereocenters. The van der Waals surface area contributed by atoms with Crippen LogP contribution in [0.2, 0.25) is 0 Å². The minimum Gasteiger partial charge on any atom is -0.339 e. The molecular formula is C19H21NO. The summed E-state index contributed by atoms with van der Waals surface area (Å²) in [6.45, 7) is 2.14. The van der Waals surface area contributed by atoms with E-state index < -0.39 is 0 Å². The van der Waals surface area contributed by atoms with E-state index in [1.807, 2.05) is 36.2 Å². The van der Waals surface area contributed by atoms with E-state index in [1.165, 1.54) is 23.6 Å². The fraction of sp³-hybridized carbons (Fsp3) is 0.316. The Hall–Kier alpha value is -2.09. The highest BCUT2D eigenvalue weighted by Gasteiger charge is 2.31. The van der Waals surface area contributed by atoms with Gasteiger partial charge in [-0.2, -0.15) is 0 Å². The van der Waals surface area contributed by atoms with Crippen LogP contribution in [-0.4, -0.2) is 23.9 Å². The molecule has 0 bridgehead atoms. The van der Waals surface area contributed by atoms with Crippen molar-refractivity contribution in [3.63, 3.8) is 0 Å². The largest absolute Gasteiger partial charge is 0.339 e. The number of rotatable bonds is 4. The van der Waals surface area contributed by atoms with Crippen LogP contribution in [0.15, 0.2) is 48.5 Å². The average Bonchev–Trinajstić information content (AvgIpc) is 3.36. The SMILES string of the molecule is CC(C1CC1)N(C)C(=O)/C=C/c1cccc2ccccc12. The van der Waals surface area contributed by atoms with E-state index in [9.17, 15) is 4.79 Å². The molecule has 1 atom stereocenters. The van der Waals surface area contributed by atoms with E-state index in [-0.39, 0.29) is 5.91 Å². The van der Waals surface area contributed by atoms with Crippen LogP contribution in [0.1, 0.15) is 25.3 Å². The molecule has 0 aromatic heterocycles. The van der Waals surface area contributed by atoms with Gasteiger partial charge in [-0.15, -0.1) is 0 Å². The van der Waals surface area contributed by atoms with Crippen LogP contribution in [0.25, 0.3) is 16.8 Å². The van der Waals surface area contributed by atoms with Crippen molar-refractivity contribution in [2.24, 2.45) is 5.92 Å². The third kappa shape index (κ3) is 2.99. The van der Waals surface area contributed by atoms with E-state index in [0.717, 1.165) is 5.56 Å². The van der Waals surface area contributed by atoms with Crippen molar-refractivity contribution in [3.05, 3.63) is 54.1 Å². The van der Waals surface area contributed by atoms with Crippen molar-refractivity contribution in [2.45, 2.75) is 25.8 Å². The van der Waals surface area contributed by atoms with Gasteiger partial charge < -0.3 is 4.90 Å². The van der Waals surface area contributed by atoms with E-state index in [4.69, 9.17) is 0 Å². The van der Waals surface area contributed by atoms with Crippen molar-refractivity contribution in [1.29, 1.82) is 0 Å². The zero-order valence-corrected chi connectivity index (χ0v) is 12.6. The highest BCUT2D eigenvalue weighted by atomic mass is 16.2. The molecule has 0 aliphatic heterocycles. The average molecular weight is 279 g/mol. The molecule has 21 heavy (non-hydrogen) atoms. The smallest absolute Gasteiger partial charge is 0.246 e. The van der Waals surface area contributed by atoms with Crippen molar-refractivity contribution in [1.82, 2.24) is 4.90 Å². The summed E-state index contributed by atoms with van der Waals surface area (Å²) < 4.78 is 0. The number of carbonyl (C=O) groups is 1. The Morgan fingerprint density at radius 2 is 1.90 bits per heavy atom. The second-order valence-corrected chi connectivity index (χ2v) is 5.93. The Morgan fingerprint density at radius 3 is 2.67 bits per heavy atom. The molecular weight excluding hydrogens is 258 g/mol. The van der Waals surface area contributed by atoms with Crippen LogP contribution in [0.5, 0.6) is 0 Å². The first-order chi connectivity index (χ1) is 10.2. The fourth-order valence-corrected chi connectivity index (χ4v) is 2.77. The van der Waals surface area contributed by atoms with Crippen LogP contribution in [0, 0.1) is 5.92 Å². The van der Waals surface area contributed by atoms with Crippen molar-refractivity contribution in [2.75, 3.05) is 7.05 Å². The molecule has 1 amide bonds. The summed E-state index contributed by atoms with van der Waals surface area (Å²) in [4.78, 5) is 14.1. The molecule has 2 heteroatoms. The predicted molar refractivity (Wildman–Crippen MR) is 87.9 cm³/mol. The number of likely N-dealkylation sites (N-methyl/N-ethyl adjacent to an activating group) is 1. The lowest BCUT2D eigenvalue weighted by molar-refractivity contribution is -0.126. The first kappa shape index (κ1) is 13.9. The zero-order valence-electron chi connectivity index (χ0n) is 12.6. The van der Waals surface area contributed by atoms with Gasteiger partial charge in [0, 0.05) is 19.2 Å². The normalized spacial score (nSPS) is 16.3. The van der Waals surface area contributed by atoms with E-state index in [0.29, 0.717) is 12.0 Å². The number of fused-ring (bicyclic) bond motifs is 1. The second kappa shape index (κ2) is 5.72. The molecule has 2 aromatic rings. The summed E-state index contributed by atoms with van der Waals surface area (Å²) in [6, 6.07) is 14.8. The summed E-state index contributed by atoms with van der Waals surface area (Å²) >= 11 is 0. The van der Waals surface area contributed by atoms with Gasteiger partial charge in [-0.25, -0.2) is 0 Å². The maximum atomic E-state index is 12.3. The molecule has 108 valence electrons. The van der Waals surface area contributed by atoms with E-state index >= 15 is 0 Å². The van der Waals surface area contributed by atoms with Crippen LogP contribution in [-0.2, 0) is 4.79 Å². The number of hydrogen-bond acceptors (Lipinski definition) is 1. The summed E-state index contributed by atoms with van der Waals surface area (Å²) in [5.41, 5.74) is 1.09. The van der Waals surface area contributed by atoms with Crippen molar-refractivity contribution in [3.8, 4) is 0 Å². The van der Waals surface area contributed by atoms with Crippen LogP contribution >= 0.6 is 0 Å². The Labute approximate surface area is 126 Å². The van der Waals surface area contributed by atoms with Gasteiger partial charge in [-0.05, 0) is 48.1 Å². The third-order valence-corrected chi connectivity index (χ3v) is 4.49. The molecule has 1 saturated carbocycles. The first-order valence-corrected chi connectivity index (χ1v) is 7.59. The van der Waals surface area contributed by atoms with Crippen LogP contribution in [0.4, 0.5) is 0 Å². The van der Waals surface area contributed by atoms with Gasteiger partial charge in [0.1, 0.15) is 0 Å². The maximum absolute atomic E-state index is 12.3. The minimum absolute atomic E-state index is 0.0855. The van der Waals surface area contributed by atoms with Gasteiger partial charge >= 0.3 is 0 Å². The molecule has 1 aliphatic rings.